The molecule has 2 fully saturated rings. The molecular formula is C15H22N2O3. The molecule has 1 aliphatic heterocycles. The molecule has 0 aromatic carbocycles. The van der Waals surface area contributed by atoms with Gasteiger partial charge in [0.15, 0.2) is 0 Å². The SMILES string of the molecule is CC1(c2noc(CC3CCCCC3=O)n2)CCCCO1. The number of hydrogen-bond donors (Lipinski definition) is 0. The summed E-state index contributed by atoms with van der Waals surface area (Å²) < 4.78 is 11.2. The van der Waals surface area contributed by atoms with Crippen LogP contribution in [0.15, 0.2) is 4.52 Å². The predicted molar refractivity (Wildman–Crippen MR) is 72.1 cm³/mol. The van der Waals surface area contributed by atoms with Crippen molar-refractivity contribution in [3.8, 4) is 0 Å². The van der Waals surface area contributed by atoms with Crippen molar-refractivity contribution in [2.24, 2.45) is 5.92 Å². The Bertz CT molecular complexity index is 477. The number of ketones is 1. The normalized spacial score (nSPS) is 31.4. The predicted octanol–water partition coefficient (Wildman–Crippen LogP) is 2.79. The molecule has 1 saturated heterocycles. The van der Waals surface area contributed by atoms with E-state index in [1.54, 1.807) is 0 Å². The summed E-state index contributed by atoms with van der Waals surface area (Å²) in [6.07, 6.45) is 7.53. The van der Waals surface area contributed by atoms with Crippen molar-refractivity contribution in [2.75, 3.05) is 6.61 Å². The minimum absolute atomic E-state index is 0.0668. The van der Waals surface area contributed by atoms with Crippen LogP contribution in [0.5, 0.6) is 0 Å². The van der Waals surface area contributed by atoms with E-state index < -0.39 is 5.60 Å². The second kappa shape index (κ2) is 5.64. The first-order valence-corrected chi connectivity index (χ1v) is 7.67. The highest BCUT2D eigenvalue weighted by Crippen LogP contribution is 2.33. The van der Waals surface area contributed by atoms with Gasteiger partial charge < -0.3 is 9.26 Å². The van der Waals surface area contributed by atoms with Gasteiger partial charge in [0.05, 0.1) is 0 Å². The van der Waals surface area contributed by atoms with Crippen LogP contribution in [0.25, 0.3) is 0 Å². The van der Waals surface area contributed by atoms with Gasteiger partial charge in [0, 0.05) is 25.4 Å². The number of nitrogens with zero attached hydrogens (tertiary/aromatic N) is 2. The van der Waals surface area contributed by atoms with Crippen molar-refractivity contribution in [2.45, 2.75) is 63.9 Å². The third-order valence-corrected chi connectivity index (χ3v) is 4.51. The highest BCUT2D eigenvalue weighted by Gasteiger charge is 2.35. The standard InChI is InChI=1S/C15H22N2O3/c1-15(8-4-5-9-19-15)14-16-13(20-17-14)10-11-6-2-3-7-12(11)18/h11H,2-10H2,1H3. The minimum Gasteiger partial charge on any atom is -0.367 e. The average molecular weight is 278 g/mol. The quantitative estimate of drug-likeness (QED) is 0.850. The van der Waals surface area contributed by atoms with Gasteiger partial charge >= 0.3 is 0 Å². The van der Waals surface area contributed by atoms with E-state index in [-0.39, 0.29) is 5.92 Å². The lowest BCUT2D eigenvalue weighted by Gasteiger charge is -2.30. The molecule has 0 spiro atoms. The van der Waals surface area contributed by atoms with Crippen LogP contribution in [0.2, 0.25) is 0 Å². The van der Waals surface area contributed by atoms with Crippen LogP contribution >= 0.6 is 0 Å². The smallest absolute Gasteiger partial charge is 0.227 e. The third kappa shape index (κ3) is 2.77. The molecule has 2 aliphatic rings. The Labute approximate surface area is 119 Å². The Kier molecular flexibility index (Phi) is 3.87. The van der Waals surface area contributed by atoms with Crippen LogP contribution in [-0.2, 0) is 21.6 Å². The van der Waals surface area contributed by atoms with Crippen LogP contribution in [0.3, 0.4) is 0 Å². The fourth-order valence-corrected chi connectivity index (χ4v) is 3.14. The van der Waals surface area contributed by atoms with E-state index in [0.29, 0.717) is 30.3 Å². The van der Waals surface area contributed by atoms with E-state index in [2.05, 4.69) is 10.1 Å². The molecule has 5 heteroatoms. The van der Waals surface area contributed by atoms with Crippen molar-refractivity contribution in [1.29, 1.82) is 0 Å². The monoisotopic (exact) mass is 278 g/mol. The molecule has 1 saturated carbocycles. The van der Waals surface area contributed by atoms with Crippen molar-refractivity contribution >= 4 is 5.78 Å². The van der Waals surface area contributed by atoms with Crippen LogP contribution < -0.4 is 0 Å². The third-order valence-electron chi connectivity index (χ3n) is 4.51. The summed E-state index contributed by atoms with van der Waals surface area (Å²) in [4.78, 5) is 16.3. The summed E-state index contributed by atoms with van der Waals surface area (Å²) >= 11 is 0. The summed E-state index contributed by atoms with van der Waals surface area (Å²) in [5.41, 5.74) is -0.420. The summed E-state index contributed by atoms with van der Waals surface area (Å²) in [6.45, 7) is 2.77. The van der Waals surface area contributed by atoms with Gasteiger partial charge in [-0.2, -0.15) is 4.98 Å². The van der Waals surface area contributed by atoms with Crippen molar-refractivity contribution in [3.63, 3.8) is 0 Å². The van der Waals surface area contributed by atoms with E-state index in [9.17, 15) is 4.79 Å². The summed E-state index contributed by atoms with van der Waals surface area (Å²) in [6, 6.07) is 0. The number of Topliss-reactive ketones (excluding diaryl/α,β-unsaturated/α-hetero) is 1. The largest absolute Gasteiger partial charge is 0.367 e. The topological polar surface area (TPSA) is 65.2 Å². The Morgan fingerprint density at radius 1 is 1.30 bits per heavy atom. The van der Waals surface area contributed by atoms with E-state index in [1.807, 2.05) is 6.92 Å². The van der Waals surface area contributed by atoms with Crippen molar-refractivity contribution in [1.82, 2.24) is 10.1 Å². The van der Waals surface area contributed by atoms with Gasteiger partial charge in [-0.05, 0) is 39.0 Å². The van der Waals surface area contributed by atoms with Gasteiger partial charge in [0.2, 0.25) is 11.7 Å². The molecule has 20 heavy (non-hydrogen) atoms. The lowest BCUT2D eigenvalue weighted by Crippen LogP contribution is -2.31. The van der Waals surface area contributed by atoms with Crippen LogP contribution in [-0.4, -0.2) is 22.5 Å². The van der Waals surface area contributed by atoms with E-state index in [0.717, 1.165) is 45.1 Å². The zero-order valence-corrected chi connectivity index (χ0v) is 12.1. The molecule has 0 amide bonds. The molecule has 0 N–H and O–H groups in total. The van der Waals surface area contributed by atoms with Gasteiger partial charge in [-0.1, -0.05) is 11.6 Å². The summed E-state index contributed by atoms with van der Waals surface area (Å²) in [5.74, 6) is 1.62. The van der Waals surface area contributed by atoms with E-state index >= 15 is 0 Å². The average Bonchev–Trinajstić information content (AvgIpc) is 2.92. The van der Waals surface area contributed by atoms with Gasteiger partial charge in [0.1, 0.15) is 11.4 Å². The highest BCUT2D eigenvalue weighted by atomic mass is 16.5. The van der Waals surface area contributed by atoms with Gasteiger partial charge in [-0.25, -0.2) is 0 Å². The lowest BCUT2D eigenvalue weighted by atomic mass is 9.86. The minimum atomic E-state index is -0.420. The number of hydrogen-bond acceptors (Lipinski definition) is 5. The number of rotatable bonds is 3. The Morgan fingerprint density at radius 3 is 2.95 bits per heavy atom. The van der Waals surface area contributed by atoms with E-state index in [4.69, 9.17) is 9.26 Å². The Balaban J connectivity index is 1.68. The number of carbonyl (C=O) groups excluding carboxylic acids is 1. The van der Waals surface area contributed by atoms with Crippen LogP contribution in [0.4, 0.5) is 0 Å². The molecule has 1 aromatic rings. The number of carbonyl (C=O) groups is 1. The number of aromatic nitrogens is 2. The van der Waals surface area contributed by atoms with Gasteiger partial charge in [-0.3, -0.25) is 4.79 Å². The maximum absolute atomic E-state index is 11.9. The first-order valence-electron chi connectivity index (χ1n) is 7.67. The molecule has 1 aromatic heterocycles. The van der Waals surface area contributed by atoms with Crippen molar-refractivity contribution < 1.29 is 14.1 Å². The molecular weight excluding hydrogens is 256 g/mol. The maximum atomic E-state index is 11.9. The molecule has 110 valence electrons. The molecule has 2 unspecified atom stereocenters. The molecule has 5 nitrogen and oxygen atoms in total. The Hall–Kier alpha value is -1.23. The number of ether oxygens (including phenoxy) is 1. The van der Waals surface area contributed by atoms with Crippen LogP contribution in [0.1, 0.15) is 63.6 Å². The molecule has 0 radical (unpaired) electrons. The first-order chi connectivity index (χ1) is 9.67. The molecule has 2 atom stereocenters. The fourth-order valence-electron chi connectivity index (χ4n) is 3.14. The molecule has 2 heterocycles. The summed E-state index contributed by atoms with van der Waals surface area (Å²) in [5, 5.41) is 4.08. The lowest BCUT2D eigenvalue weighted by molar-refractivity contribution is -0.124. The van der Waals surface area contributed by atoms with Gasteiger partial charge in [0.25, 0.3) is 0 Å². The van der Waals surface area contributed by atoms with Crippen molar-refractivity contribution in [3.05, 3.63) is 11.7 Å². The second-order valence-corrected chi connectivity index (χ2v) is 6.16. The highest BCUT2D eigenvalue weighted by molar-refractivity contribution is 5.81. The Morgan fingerprint density at radius 2 is 2.20 bits per heavy atom. The zero-order valence-electron chi connectivity index (χ0n) is 12.1. The summed E-state index contributed by atoms with van der Waals surface area (Å²) in [7, 11) is 0. The first kappa shape index (κ1) is 13.7. The zero-order chi connectivity index (χ0) is 14.0. The van der Waals surface area contributed by atoms with E-state index in [1.165, 1.54) is 0 Å². The maximum Gasteiger partial charge on any atom is 0.227 e. The van der Waals surface area contributed by atoms with Gasteiger partial charge in [-0.15, -0.1) is 0 Å². The fraction of sp³-hybridized carbons (Fsp3) is 0.800. The molecule has 0 bridgehead atoms. The second-order valence-electron chi connectivity index (χ2n) is 6.16. The van der Waals surface area contributed by atoms with Crippen LogP contribution in [0, 0.1) is 5.92 Å². The molecule has 1 aliphatic carbocycles. The molecule has 3 rings (SSSR count).